The number of nitrogens with zero attached hydrogens (tertiary/aromatic N) is 2. The van der Waals surface area contributed by atoms with E-state index in [2.05, 4.69) is 11.5 Å². The molecule has 4 nitrogen and oxygen atoms in total. The fourth-order valence-electron chi connectivity index (χ4n) is 3.80. The molecule has 0 unspecified atom stereocenters. The maximum atomic E-state index is 12.2. The van der Waals surface area contributed by atoms with Gasteiger partial charge in [0.1, 0.15) is 0 Å². The summed E-state index contributed by atoms with van der Waals surface area (Å²) in [5.74, 6) is 1.92. The van der Waals surface area contributed by atoms with Crippen molar-refractivity contribution in [2.24, 2.45) is 17.8 Å². The van der Waals surface area contributed by atoms with Gasteiger partial charge in [0.25, 0.3) is 0 Å². The van der Waals surface area contributed by atoms with E-state index in [1.807, 2.05) is 11.0 Å². The Morgan fingerprint density at radius 1 is 1.26 bits per heavy atom. The van der Waals surface area contributed by atoms with Crippen LogP contribution in [0.4, 0.5) is 0 Å². The summed E-state index contributed by atoms with van der Waals surface area (Å²) in [6.07, 6.45) is 4.20. The van der Waals surface area contributed by atoms with Crippen molar-refractivity contribution < 1.29 is 9.53 Å². The first-order valence-electron chi connectivity index (χ1n) is 7.47. The zero-order valence-corrected chi connectivity index (χ0v) is 11.6. The molecule has 0 aromatic rings. The molecule has 0 aliphatic carbocycles. The molecule has 0 aromatic heterocycles. The van der Waals surface area contributed by atoms with Crippen LogP contribution in [0.2, 0.25) is 0 Å². The first-order valence-corrected chi connectivity index (χ1v) is 7.47. The number of fused-ring (bicyclic) bond motifs is 1. The first kappa shape index (κ1) is 13.1. The van der Waals surface area contributed by atoms with Gasteiger partial charge in [0.05, 0.1) is 5.92 Å². The number of likely N-dealkylation sites (tertiary alicyclic amines) is 2. The maximum Gasteiger partial charge on any atom is 0.227 e. The van der Waals surface area contributed by atoms with Gasteiger partial charge in [0.15, 0.2) is 0 Å². The summed E-state index contributed by atoms with van der Waals surface area (Å²) >= 11 is 0. The highest BCUT2D eigenvalue weighted by Gasteiger charge is 2.45. The zero-order chi connectivity index (χ0) is 13.2. The van der Waals surface area contributed by atoms with Crippen LogP contribution in [-0.2, 0) is 9.53 Å². The van der Waals surface area contributed by atoms with E-state index in [0.29, 0.717) is 18.4 Å². The van der Waals surface area contributed by atoms with Crippen molar-refractivity contribution in [3.8, 4) is 0 Å². The Morgan fingerprint density at radius 2 is 2.05 bits per heavy atom. The van der Waals surface area contributed by atoms with E-state index in [4.69, 9.17) is 4.74 Å². The number of amides is 1. The minimum absolute atomic E-state index is 0.250. The largest absolute Gasteiger partial charge is 0.381 e. The van der Waals surface area contributed by atoms with E-state index < -0.39 is 0 Å². The molecule has 3 aliphatic rings. The third-order valence-electron chi connectivity index (χ3n) is 4.81. The van der Waals surface area contributed by atoms with Crippen LogP contribution in [0.15, 0.2) is 12.7 Å². The van der Waals surface area contributed by atoms with Gasteiger partial charge in [-0.05, 0) is 18.8 Å². The first-order chi connectivity index (χ1) is 9.28. The van der Waals surface area contributed by atoms with E-state index in [-0.39, 0.29) is 5.92 Å². The average Bonchev–Trinajstić information content (AvgIpc) is 2.92. The molecule has 3 heterocycles. The lowest BCUT2D eigenvalue weighted by Gasteiger charge is -2.28. The van der Waals surface area contributed by atoms with E-state index in [1.165, 1.54) is 12.8 Å². The summed E-state index contributed by atoms with van der Waals surface area (Å²) in [6.45, 7) is 10.4. The molecule has 0 bridgehead atoms. The molecule has 0 radical (unpaired) electrons. The van der Waals surface area contributed by atoms with Crippen LogP contribution in [0.5, 0.6) is 0 Å². The van der Waals surface area contributed by atoms with Gasteiger partial charge in [-0.25, -0.2) is 0 Å². The Labute approximate surface area is 115 Å². The predicted molar refractivity (Wildman–Crippen MR) is 73.7 cm³/mol. The van der Waals surface area contributed by atoms with Crippen molar-refractivity contribution in [2.75, 3.05) is 45.9 Å². The standard InChI is InChI=1S/C15H24N2O2/c1-2-5-17-10-13-9-16(11-14(13)15(17)18)8-12-3-6-19-7-4-12/h2,12-14H,1,3-11H2/t13-,14-/m0/s1. The van der Waals surface area contributed by atoms with Gasteiger partial charge < -0.3 is 14.5 Å². The number of carbonyl (C=O) groups excluding carboxylic acids is 1. The Morgan fingerprint density at radius 3 is 2.74 bits per heavy atom. The second kappa shape index (κ2) is 5.63. The molecule has 3 rings (SSSR count). The van der Waals surface area contributed by atoms with Crippen LogP contribution >= 0.6 is 0 Å². The Bertz CT molecular complexity index is 352. The van der Waals surface area contributed by atoms with Crippen molar-refractivity contribution in [2.45, 2.75) is 12.8 Å². The summed E-state index contributed by atoms with van der Waals surface area (Å²) in [7, 11) is 0. The smallest absolute Gasteiger partial charge is 0.227 e. The quantitative estimate of drug-likeness (QED) is 0.710. The third-order valence-corrected chi connectivity index (χ3v) is 4.81. The molecule has 0 aromatic carbocycles. The van der Waals surface area contributed by atoms with Crippen molar-refractivity contribution in [1.82, 2.24) is 9.80 Å². The highest BCUT2D eigenvalue weighted by atomic mass is 16.5. The molecule has 0 saturated carbocycles. The molecule has 0 spiro atoms. The van der Waals surface area contributed by atoms with E-state index >= 15 is 0 Å². The van der Waals surface area contributed by atoms with Gasteiger partial charge in [0, 0.05) is 51.9 Å². The molecule has 3 fully saturated rings. The van der Waals surface area contributed by atoms with E-state index in [1.54, 1.807) is 0 Å². The summed E-state index contributed by atoms with van der Waals surface area (Å²) in [6, 6.07) is 0. The summed E-state index contributed by atoms with van der Waals surface area (Å²) in [4.78, 5) is 16.7. The Kier molecular flexibility index (Phi) is 3.89. The van der Waals surface area contributed by atoms with Crippen molar-refractivity contribution >= 4 is 5.91 Å². The molecule has 1 amide bonds. The molecule has 2 atom stereocenters. The number of carbonyl (C=O) groups is 1. The van der Waals surface area contributed by atoms with Crippen LogP contribution in [-0.4, -0.2) is 61.6 Å². The molecule has 3 saturated heterocycles. The molecular formula is C15H24N2O2. The molecule has 106 valence electrons. The number of hydrogen-bond donors (Lipinski definition) is 0. The SMILES string of the molecule is C=CCN1C[C@@H]2CN(CC3CCOCC3)C[C@@H]2C1=O. The van der Waals surface area contributed by atoms with Crippen LogP contribution in [0.1, 0.15) is 12.8 Å². The van der Waals surface area contributed by atoms with Crippen LogP contribution < -0.4 is 0 Å². The summed E-state index contributed by atoms with van der Waals surface area (Å²) < 4.78 is 5.41. The van der Waals surface area contributed by atoms with Crippen LogP contribution in [0.25, 0.3) is 0 Å². The van der Waals surface area contributed by atoms with Gasteiger partial charge in [-0.15, -0.1) is 6.58 Å². The van der Waals surface area contributed by atoms with Gasteiger partial charge in [-0.1, -0.05) is 6.08 Å². The minimum atomic E-state index is 0.250. The van der Waals surface area contributed by atoms with Gasteiger partial charge in [-0.2, -0.15) is 0 Å². The van der Waals surface area contributed by atoms with Crippen LogP contribution in [0, 0.1) is 17.8 Å². The Hall–Kier alpha value is -0.870. The lowest BCUT2D eigenvalue weighted by Crippen LogP contribution is -2.36. The van der Waals surface area contributed by atoms with Crippen LogP contribution in [0.3, 0.4) is 0 Å². The molecule has 3 aliphatic heterocycles. The minimum Gasteiger partial charge on any atom is -0.381 e. The predicted octanol–water partition coefficient (Wildman–Crippen LogP) is 0.989. The summed E-state index contributed by atoms with van der Waals surface area (Å²) in [5.41, 5.74) is 0. The normalized spacial score (nSPS) is 32.8. The second-order valence-corrected chi connectivity index (χ2v) is 6.17. The second-order valence-electron chi connectivity index (χ2n) is 6.17. The highest BCUT2D eigenvalue weighted by molar-refractivity contribution is 5.82. The number of ether oxygens (including phenoxy) is 1. The van der Waals surface area contributed by atoms with Gasteiger partial charge in [0.2, 0.25) is 5.91 Å². The van der Waals surface area contributed by atoms with Crippen molar-refractivity contribution in [1.29, 1.82) is 0 Å². The van der Waals surface area contributed by atoms with Gasteiger partial charge >= 0.3 is 0 Å². The monoisotopic (exact) mass is 264 g/mol. The fraction of sp³-hybridized carbons (Fsp3) is 0.800. The Balaban J connectivity index is 1.52. The lowest BCUT2D eigenvalue weighted by atomic mass is 10.00. The van der Waals surface area contributed by atoms with E-state index in [9.17, 15) is 4.79 Å². The molecule has 0 N–H and O–H groups in total. The zero-order valence-electron chi connectivity index (χ0n) is 11.6. The maximum absolute atomic E-state index is 12.2. The summed E-state index contributed by atoms with van der Waals surface area (Å²) in [5, 5.41) is 0. The van der Waals surface area contributed by atoms with Crippen molar-refractivity contribution in [3.63, 3.8) is 0 Å². The fourth-order valence-corrected chi connectivity index (χ4v) is 3.80. The topological polar surface area (TPSA) is 32.8 Å². The third kappa shape index (κ3) is 2.70. The average molecular weight is 264 g/mol. The molecular weight excluding hydrogens is 240 g/mol. The van der Waals surface area contributed by atoms with E-state index in [0.717, 1.165) is 45.3 Å². The molecule has 4 heteroatoms. The number of rotatable bonds is 4. The number of hydrogen-bond acceptors (Lipinski definition) is 3. The van der Waals surface area contributed by atoms with Gasteiger partial charge in [-0.3, -0.25) is 4.79 Å². The van der Waals surface area contributed by atoms with Crippen molar-refractivity contribution in [3.05, 3.63) is 12.7 Å². The lowest BCUT2D eigenvalue weighted by molar-refractivity contribution is -0.130. The molecule has 19 heavy (non-hydrogen) atoms. The highest BCUT2D eigenvalue weighted by Crippen LogP contribution is 2.33.